The minimum absolute atomic E-state index is 0.595. The van der Waals surface area contributed by atoms with Gasteiger partial charge in [0.25, 0.3) is 0 Å². The van der Waals surface area contributed by atoms with Crippen LogP contribution in [0.4, 0.5) is 5.82 Å². The molecule has 0 aliphatic carbocycles. The zero-order chi connectivity index (χ0) is 12.3. The van der Waals surface area contributed by atoms with Crippen LogP contribution >= 0.6 is 0 Å². The van der Waals surface area contributed by atoms with Crippen LogP contribution in [0.25, 0.3) is 0 Å². The first-order valence-corrected chi connectivity index (χ1v) is 6.28. The third-order valence-electron chi connectivity index (χ3n) is 3.42. The van der Waals surface area contributed by atoms with Gasteiger partial charge in [-0.15, -0.1) is 0 Å². The molecule has 0 aromatic carbocycles. The molecule has 1 unspecified atom stereocenters. The van der Waals surface area contributed by atoms with Crippen LogP contribution < -0.4 is 5.73 Å². The van der Waals surface area contributed by atoms with Crippen molar-refractivity contribution in [2.24, 2.45) is 0 Å². The first kappa shape index (κ1) is 12.3. The number of nitrogens with zero attached hydrogens (tertiary/aromatic N) is 3. The number of aromatic nitrogens is 1. The van der Waals surface area contributed by atoms with Gasteiger partial charge in [-0.1, -0.05) is 6.07 Å². The number of anilines is 1. The van der Waals surface area contributed by atoms with Crippen LogP contribution in [-0.4, -0.2) is 47.5 Å². The Morgan fingerprint density at radius 2 is 2.24 bits per heavy atom. The van der Waals surface area contributed by atoms with Crippen LogP contribution in [0.5, 0.6) is 0 Å². The molecule has 4 heteroatoms. The Labute approximate surface area is 103 Å². The number of likely N-dealkylation sites (N-methyl/N-ethyl adjacent to an activating group) is 1. The van der Waals surface area contributed by atoms with Gasteiger partial charge in [0.05, 0.1) is 0 Å². The predicted octanol–water partition coefficient (Wildman–Crippen LogP) is 1.19. The average molecular weight is 234 g/mol. The molecule has 0 radical (unpaired) electrons. The largest absolute Gasteiger partial charge is 0.384 e. The fourth-order valence-electron chi connectivity index (χ4n) is 2.42. The van der Waals surface area contributed by atoms with Crippen molar-refractivity contribution < 1.29 is 0 Å². The number of rotatable bonds is 2. The molecule has 1 saturated heterocycles. The van der Waals surface area contributed by atoms with E-state index in [9.17, 15) is 0 Å². The summed E-state index contributed by atoms with van der Waals surface area (Å²) in [7, 11) is 2.20. The first-order valence-electron chi connectivity index (χ1n) is 6.28. The molecular formula is C13H22N4. The molecule has 1 aromatic rings. The van der Waals surface area contributed by atoms with Crippen molar-refractivity contribution in [1.29, 1.82) is 0 Å². The lowest BCUT2D eigenvalue weighted by molar-refractivity contribution is 0.194. The summed E-state index contributed by atoms with van der Waals surface area (Å²) in [5, 5.41) is 0. The fourth-order valence-corrected chi connectivity index (χ4v) is 2.42. The molecule has 4 nitrogen and oxygen atoms in total. The second-order valence-electron chi connectivity index (χ2n) is 5.03. The Morgan fingerprint density at radius 1 is 1.41 bits per heavy atom. The summed E-state index contributed by atoms with van der Waals surface area (Å²) >= 11 is 0. The molecule has 0 spiro atoms. The van der Waals surface area contributed by atoms with E-state index in [0.29, 0.717) is 11.9 Å². The SMILES string of the molecule is CC1CN(C)CCCN1Cc1ccc(N)nc1. The molecule has 17 heavy (non-hydrogen) atoms. The summed E-state index contributed by atoms with van der Waals surface area (Å²) in [6, 6.07) is 4.55. The molecule has 2 heterocycles. The molecule has 94 valence electrons. The molecular weight excluding hydrogens is 212 g/mol. The molecule has 1 aromatic heterocycles. The maximum absolute atomic E-state index is 5.60. The number of hydrogen-bond acceptors (Lipinski definition) is 4. The highest BCUT2D eigenvalue weighted by Crippen LogP contribution is 2.13. The zero-order valence-corrected chi connectivity index (χ0v) is 10.8. The fraction of sp³-hybridized carbons (Fsp3) is 0.615. The van der Waals surface area contributed by atoms with Gasteiger partial charge < -0.3 is 10.6 Å². The second kappa shape index (κ2) is 5.47. The van der Waals surface area contributed by atoms with Crippen LogP contribution in [0.1, 0.15) is 18.9 Å². The smallest absolute Gasteiger partial charge is 0.123 e. The summed E-state index contributed by atoms with van der Waals surface area (Å²) in [6.45, 7) is 6.77. The normalized spacial score (nSPS) is 23.5. The van der Waals surface area contributed by atoms with Gasteiger partial charge in [-0.05, 0) is 38.6 Å². The summed E-state index contributed by atoms with van der Waals surface area (Å²) in [6.07, 6.45) is 3.12. The van der Waals surface area contributed by atoms with E-state index >= 15 is 0 Å². The average Bonchev–Trinajstić information content (AvgIpc) is 2.44. The van der Waals surface area contributed by atoms with Gasteiger partial charge in [0, 0.05) is 31.9 Å². The van der Waals surface area contributed by atoms with Gasteiger partial charge in [0.15, 0.2) is 0 Å². The highest BCUT2D eigenvalue weighted by Gasteiger charge is 2.19. The van der Waals surface area contributed by atoms with Gasteiger partial charge in [0.2, 0.25) is 0 Å². The molecule has 1 atom stereocenters. The van der Waals surface area contributed by atoms with Gasteiger partial charge in [0.1, 0.15) is 5.82 Å². The van der Waals surface area contributed by atoms with E-state index in [2.05, 4.69) is 34.8 Å². The van der Waals surface area contributed by atoms with Crippen LogP contribution in [0, 0.1) is 0 Å². The quantitative estimate of drug-likeness (QED) is 0.835. The highest BCUT2D eigenvalue weighted by molar-refractivity contribution is 5.29. The van der Waals surface area contributed by atoms with Gasteiger partial charge in [-0.2, -0.15) is 0 Å². The molecule has 2 N–H and O–H groups in total. The Kier molecular flexibility index (Phi) is 3.97. The topological polar surface area (TPSA) is 45.4 Å². The van der Waals surface area contributed by atoms with E-state index in [1.54, 1.807) is 0 Å². The minimum atomic E-state index is 0.595. The molecule has 1 fully saturated rings. The Bertz CT molecular complexity index is 349. The van der Waals surface area contributed by atoms with E-state index < -0.39 is 0 Å². The number of nitrogen functional groups attached to an aromatic ring is 1. The lowest BCUT2D eigenvalue weighted by Crippen LogP contribution is -2.37. The number of nitrogens with two attached hydrogens (primary N) is 1. The Balaban J connectivity index is 1.99. The lowest BCUT2D eigenvalue weighted by atomic mass is 10.2. The molecule has 0 amide bonds. The highest BCUT2D eigenvalue weighted by atomic mass is 15.2. The van der Waals surface area contributed by atoms with Crippen LogP contribution in [0.15, 0.2) is 18.3 Å². The van der Waals surface area contributed by atoms with Crippen molar-refractivity contribution in [3.63, 3.8) is 0 Å². The van der Waals surface area contributed by atoms with E-state index in [0.717, 1.165) is 19.6 Å². The van der Waals surface area contributed by atoms with Crippen LogP contribution in [-0.2, 0) is 6.54 Å². The van der Waals surface area contributed by atoms with Crippen molar-refractivity contribution in [3.8, 4) is 0 Å². The van der Waals surface area contributed by atoms with Gasteiger partial charge in [-0.3, -0.25) is 4.90 Å². The minimum Gasteiger partial charge on any atom is -0.384 e. The van der Waals surface area contributed by atoms with Gasteiger partial charge in [-0.25, -0.2) is 4.98 Å². The van der Waals surface area contributed by atoms with E-state index in [4.69, 9.17) is 5.73 Å². The van der Waals surface area contributed by atoms with Gasteiger partial charge >= 0.3 is 0 Å². The van der Waals surface area contributed by atoms with Crippen molar-refractivity contribution in [1.82, 2.24) is 14.8 Å². The standard InChI is InChI=1S/C13H22N4/c1-11-9-16(2)6-3-7-17(11)10-12-4-5-13(14)15-8-12/h4-5,8,11H,3,6-7,9-10H2,1-2H3,(H2,14,15). The van der Waals surface area contributed by atoms with E-state index in [-0.39, 0.29) is 0 Å². The lowest BCUT2D eigenvalue weighted by Gasteiger charge is -2.27. The first-order chi connectivity index (χ1) is 8.15. The Morgan fingerprint density at radius 3 is 2.94 bits per heavy atom. The molecule has 1 aliphatic heterocycles. The predicted molar refractivity (Wildman–Crippen MR) is 70.6 cm³/mol. The van der Waals surface area contributed by atoms with Crippen LogP contribution in [0.3, 0.4) is 0 Å². The van der Waals surface area contributed by atoms with Crippen molar-refractivity contribution in [2.45, 2.75) is 25.9 Å². The van der Waals surface area contributed by atoms with Crippen LogP contribution in [0.2, 0.25) is 0 Å². The zero-order valence-electron chi connectivity index (χ0n) is 10.8. The van der Waals surface area contributed by atoms with E-state index in [1.165, 1.54) is 18.5 Å². The maximum Gasteiger partial charge on any atom is 0.123 e. The number of hydrogen-bond donors (Lipinski definition) is 1. The third kappa shape index (κ3) is 3.41. The van der Waals surface area contributed by atoms with Crippen molar-refractivity contribution in [2.75, 3.05) is 32.4 Å². The van der Waals surface area contributed by atoms with Crippen molar-refractivity contribution >= 4 is 5.82 Å². The van der Waals surface area contributed by atoms with Crippen molar-refractivity contribution in [3.05, 3.63) is 23.9 Å². The maximum atomic E-state index is 5.60. The number of pyridine rings is 1. The summed E-state index contributed by atoms with van der Waals surface area (Å²) in [5.41, 5.74) is 6.84. The molecule has 2 rings (SSSR count). The second-order valence-corrected chi connectivity index (χ2v) is 5.03. The summed E-state index contributed by atoms with van der Waals surface area (Å²) in [4.78, 5) is 9.08. The molecule has 1 aliphatic rings. The monoisotopic (exact) mass is 234 g/mol. The summed E-state index contributed by atoms with van der Waals surface area (Å²) in [5.74, 6) is 0.595. The Hall–Kier alpha value is -1.13. The molecule has 0 bridgehead atoms. The van der Waals surface area contributed by atoms with E-state index in [1.807, 2.05) is 12.3 Å². The summed E-state index contributed by atoms with van der Waals surface area (Å²) < 4.78 is 0. The third-order valence-corrected chi connectivity index (χ3v) is 3.42. The molecule has 0 saturated carbocycles.